The smallest absolute Gasteiger partial charge is 0.242 e. The molecule has 4 nitrogen and oxygen atoms in total. The summed E-state index contributed by atoms with van der Waals surface area (Å²) in [5, 5.41) is 15.4. The molecule has 1 aromatic rings. The van der Waals surface area contributed by atoms with E-state index in [4.69, 9.17) is 16.9 Å². The van der Waals surface area contributed by atoms with Gasteiger partial charge in [-0.1, -0.05) is 24.9 Å². The number of benzene rings is 1. The highest BCUT2D eigenvalue weighted by Crippen LogP contribution is 2.21. The van der Waals surface area contributed by atoms with Gasteiger partial charge in [-0.05, 0) is 31.5 Å². The van der Waals surface area contributed by atoms with Crippen LogP contribution in [0, 0.1) is 11.3 Å². The summed E-state index contributed by atoms with van der Waals surface area (Å²) in [5.41, 5.74) is 1.05. The molecule has 0 aliphatic heterocycles. The van der Waals surface area contributed by atoms with Crippen molar-refractivity contribution in [2.45, 2.75) is 32.7 Å². The lowest BCUT2D eigenvalue weighted by atomic mass is 10.1. The second-order valence-electron chi connectivity index (χ2n) is 4.31. The summed E-state index contributed by atoms with van der Waals surface area (Å²) in [4.78, 5) is 11.8. The second kappa shape index (κ2) is 7.65. The number of nitrogens with one attached hydrogen (secondary N) is 2. The van der Waals surface area contributed by atoms with Gasteiger partial charge in [-0.2, -0.15) is 5.26 Å². The highest BCUT2D eigenvalue weighted by atomic mass is 35.5. The van der Waals surface area contributed by atoms with Gasteiger partial charge in [0.25, 0.3) is 0 Å². The molecular formula is C14H18ClN3O. The van der Waals surface area contributed by atoms with E-state index in [1.807, 2.05) is 0 Å². The molecule has 0 aromatic heterocycles. The Labute approximate surface area is 118 Å². The van der Waals surface area contributed by atoms with Crippen LogP contribution in [0.2, 0.25) is 5.02 Å². The van der Waals surface area contributed by atoms with Gasteiger partial charge in [-0.25, -0.2) is 0 Å². The van der Waals surface area contributed by atoms with Crippen LogP contribution in [-0.2, 0) is 4.79 Å². The number of carbonyl (C=O) groups excluding carboxylic acids is 1. The maximum absolute atomic E-state index is 11.8. The second-order valence-corrected chi connectivity index (χ2v) is 4.75. The molecular weight excluding hydrogens is 262 g/mol. The minimum Gasteiger partial charge on any atom is -0.373 e. The van der Waals surface area contributed by atoms with Gasteiger partial charge >= 0.3 is 0 Å². The highest BCUT2D eigenvalue weighted by molar-refractivity contribution is 6.30. The predicted octanol–water partition coefficient (Wildman–Crippen LogP) is 2.93. The van der Waals surface area contributed by atoms with Gasteiger partial charge in [-0.15, -0.1) is 0 Å². The van der Waals surface area contributed by atoms with Crippen molar-refractivity contribution in [3.8, 4) is 6.07 Å². The number of nitrogens with zero attached hydrogens (tertiary/aromatic N) is 1. The maximum atomic E-state index is 11.8. The van der Waals surface area contributed by atoms with Crippen molar-refractivity contribution in [1.82, 2.24) is 5.32 Å². The standard InChI is InChI=1S/C14H18ClN3O/c1-3-4-7-17-14(19)10(2)18-13-8-12(15)6-5-11(13)9-16/h5-6,8,10,18H,3-4,7H2,1-2H3,(H,17,19). The van der Waals surface area contributed by atoms with E-state index in [9.17, 15) is 4.79 Å². The van der Waals surface area contributed by atoms with Gasteiger partial charge in [-0.3, -0.25) is 4.79 Å². The lowest BCUT2D eigenvalue weighted by Gasteiger charge is -2.16. The quantitative estimate of drug-likeness (QED) is 0.787. The van der Waals surface area contributed by atoms with Crippen LogP contribution >= 0.6 is 11.6 Å². The molecule has 0 heterocycles. The third-order valence-corrected chi connectivity index (χ3v) is 2.93. The monoisotopic (exact) mass is 279 g/mol. The Morgan fingerprint density at radius 1 is 1.53 bits per heavy atom. The van der Waals surface area contributed by atoms with Crippen LogP contribution in [0.1, 0.15) is 32.3 Å². The van der Waals surface area contributed by atoms with E-state index in [1.54, 1.807) is 25.1 Å². The van der Waals surface area contributed by atoms with Crippen LogP contribution in [0.25, 0.3) is 0 Å². The topological polar surface area (TPSA) is 64.9 Å². The average Bonchev–Trinajstić information content (AvgIpc) is 2.39. The number of nitriles is 1. The summed E-state index contributed by atoms with van der Waals surface area (Å²) < 4.78 is 0. The van der Waals surface area contributed by atoms with Crippen molar-refractivity contribution >= 4 is 23.2 Å². The zero-order valence-electron chi connectivity index (χ0n) is 11.2. The number of rotatable bonds is 6. The Balaban J connectivity index is 2.66. The molecule has 0 aliphatic carbocycles. The summed E-state index contributed by atoms with van der Waals surface area (Å²) in [5.74, 6) is -0.0858. The minimum atomic E-state index is -0.414. The van der Waals surface area contributed by atoms with Crippen LogP contribution < -0.4 is 10.6 Å². The van der Waals surface area contributed by atoms with Gasteiger partial charge < -0.3 is 10.6 Å². The summed E-state index contributed by atoms with van der Waals surface area (Å²) in [6.45, 7) is 4.49. The normalized spacial score (nSPS) is 11.5. The first-order valence-corrected chi connectivity index (χ1v) is 6.70. The molecule has 0 saturated carbocycles. The van der Waals surface area contributed by atoms with Crippen molar-refractivity contribution in [3.05, 3.63) is 28.8 Å². The van der Waals surface area contributed by atoms with E-state index < -0.39 is 6.04 Å². The molecule has 1 rings (SSSR count). The third-order valence-electron chi connectivity index (χ3n) is 2.70. The fourth-order valence-electron chi connectivity index (χ4n) is 1.57. The molecule has 19 heavy (non-hydrogen) atoms. The van der Waals surface area contributed by atoms with E-state index in [0.717, 1.165) is 12.8 Å². The van der Waals surface area contributed by atoms with Crippen LogP contribution in [0.15, 0.2) is 18.2 Å². The van der Waals surface area contributed by atoms with Gasteiger partial charge in [0.15, 0.2) is 0 Å². The first kappa shape index (κ1) is 15.3. The SMILES string of the molecule is CCCCNC(=O)C(C)Nc1cc(Cl)ccc1C#N. The zero-order valence-corrected chi connectivity index (χ0v) is 11.9. The van der Waals surface area contributed by atoms with E-state index >= 15 is 0 Å². The molecule has 0 aliphatic rings. The number of hydrogen-bond acceptors (Lipinski definition) is 3. The Hall–Kier alpha value is -1.73. The van der Waals surface area contributed by atoms with E-state index in [0.29, 0.717) is 22.8 Å². The number of anilines is 1. The van der Waals surface area contributed by atoms with Crippen molar-refractivity contribution in [3.63, 3.8) is 0 Å². The molecule has 1 aromatic carbocycles. The van der Waals surface area contributed by atoms with Crippen LogP contribution in [0.5, 0.6) is 0 Å². The maximum Gasteiger partial charge on any atom is 0.242 e. The number of carbonyl (C=O) groups is 1. The first-order chi connectivity index (χ1) is 9.08. The van der Waals surface area contributed by atoms with Crippen molar-refractivity contribution in [1.29, 1.82) is 5.26 Å². The summed E-state index contributed by atoms with van der Waals surface area (Å²) in [7, 11) is 0. The lowest BCUT2D eigenvalue weighted by Crippen LogP contribution is -2.38. The first-order valence-electron chi connectivity index (χ1n) is 6.32. The average molecular weight is 280 g/mol. The Bertz CT molecular complexity index is 482. The summed E-state index contributed by atoms with van der Waals surface area (Å²) >= 11 is 5.89. The van der Waals surface area contributed by atoms with E-state index in [1.165, 1.54) is 0 Å². The van der Waals surface area contributed by atoms with Crippen molar-refractivity contribution < 1.29 is 4.79 Å². The molecule has 102 valence electrons. The molecule has 2 N–H and O–H groups in total. The van der Waals surface area contributed by atoms with Crippen molar-refractivity contribution in [2.75, 3.05) is 11.9 Å². The number of unbranched alkanes of at least 4 members (excludes halogenated alkanes) is 1. The Morgan fingerprint density at radius 3 is 2.89 bits per heavy atom. The predicted molar refractivity (Wildman–Crippen MR) is 77.2 cm³/mol. The zero-order chi connectivity index (χ0) is 14.3. The molecule has 1 atom stereocenters. The fourth-order valence-corrected chi connectivity index (χ4v) is 1.75. The number of halogens is 1. The highest BCUT2D eigenvalue weighted by Gasteiger charge is 2.13. The number of hydrogen-bond donors (Lipinski definition) is 2. The Morgan fingerprint density at radius 2 is 2.26 bits per heavy atom. The van der Waals surface area contributed by atoms with E-state index in [-0.39, 0.29) is 5.91 Å². The van der Waals surface area contributed by atoms with Gasteiger partial charge in [0.2, 0.25) is 5.91 Å². The van der Waals surface area contributed by atoms with Crippen molar-refractivity contribution in [2.24, 2.45) is 0 Å². The van der Waals surface area contributed by atoms with Gasteiger partial charge in [0.05, 0.1) is 11.3 Å². The fraction of sp³-hybridized carbons (Fsp3) is 0.429. The molecule has 0 spiro atoms. The van der Waals surface area contributed by atoms with Crippen LogP contribution in [0.3, 0.4) is 0 Å². The lowest BCUT2D eigenvalue weighted by molar-refractivity contribution is -0.121. The molecule has 0 saturated heterocycles. The number of amides is 1. The summed E-state index contributed by atoms with van der Waals surface area (Å²) in [6.07, 6.45) is 1.99. The van der Waals surface area contributed by atoms with Gasteiger partial charge in [0, 0.05) is 11.6 Å². The Kier molecular flexibility index (Phi) is 6.17. The third kappa shape index (κ3) is 4.80. The molecule has 0 bridgehead atoms. The molecule has 1 amide bonds. The summed E-state index contributed by atoms with van der Waals surface area (Å²) in [6, 6.07) is 6.58. The molecule has 5 heteroatoms. The van der Waals surface area contributed by atoms with Crippen LogP contribution in [-0.4, -0.2) is 18.5 Å². The molecule has 0 fully saturated rings. The molecule has 0 radical (unpaired) electrons. The molecule has 1 unspecified atom stereocenters. The minimum absolute atomic E-state index is 0.0858. The van der Waals surface area contributed by atoms with E-state index in [2.05, 4.69) is 23.6 Å². The largest absolute Gasteiger partial charge is 0.373 e. The van der Waals surface area contributed by atoms with Crippen LogP contribution in [0.4, 0.5) is 5.69 Å². The van der Waals surface area contributed by atoms with Gasteiger partial charge in [0.1, 0.15) is 12.1 Å².